The van der Waals surface area contributed by atoms with E-state index in [1.807, 2.05) is 0 Å². The average molecular weight is 401 g/mol. The molecule has 142 valence electrons. The van der Waals surface area contributed by atoms with Crippen molar-refractivity contribution in [2.24, 2.45) is 5.73 Å². The molecule has 0 radical (unpaired) electrons. The van der Waals surface area contributed by atoms with E-state index in [2.05, 4.69) is 0 Å². The van der Waals surface area contributed by atoms with E-state index in [1.54, 1.807) is 36.4 Å². The Labute approximate surface area is 151 Å². The van der Waals surface area contributed by atoms with Crippen LogP contribution in [0.5, 0.6) is 11.5 Å². The van der Waals surface area contributed by atoms with Gasteiger partial charge in [0, 0.05) is 6.42 Å². The normalized spacial score (nSPS) is 18.2. The van der Waals surface area contributed by atoms with Crippen molar-refractivity contribution in [3.05, 3.63) is 60.7 Å². The lowest BCUT2D eigenvalue weighted by Crippen LogP contribution is -2.33. The van der Waals surface area contributed by atoms with Crippen LogP contribution in [0.3, 0.4) is 0 Å². The van der Waals surface area contributed by atoms with Gasteiger partial charge in [0.15, 0.2) is 0 Å². The predicted molar refractivity (Wildman–Crippen MR) is 97.0 cm³/mol. The fourth-order valence-electron chi connectivity index (χ4n) is 2.18. The lowest BCUT2D eigenvalue weighted by molar-refractivity contribution is 0.126. The van der Waals surface area contributed by atoms with Crippen molar-refractivity contribution < 1.29 is 33.1 Å². The van der Waals surface area contributed by atoms with Crippen molar-refractivity contribution in [3.63, 3.8) is 0 Å². The summed E-state index contributed by atoms with van der Waals surface area (Å²) in [5.41, 5.74) is 5.39. The molecular formula is C16H21NO7P2. The summed E-state index contributed by atoms with van der Waals surface area (Å²) in [6.07, 6.45) is -0.563. The Kier molecular flexibility index (Phi) is 6.64. The van der Waals surface area contributed by atoms with E-state index >= 15 is 0 Å². The number of aliphatic hydroxyl groups is 1. The first-order valence-corrected chi connectivity index (χ1v) is 10.9. The summed E-state index contributed by atoms with van der Waals surface area (Å²) >= 11 is 0. The van der Waals surface area contributed by atoms with Crippen LogP contribution in [0.25, 0.3) is 0 Å². The van der Waals surface area contributed by atoms with E-state index in [0.29, 0.717) is 0 Å². The molecule has 0 aliphatic heterocycles. The molecule has 0 spiro atoms. The van der Waals surface area contributed by atoms with Gasteiger partial charge >= 0.3 is 15.2 Å². The van der Waals surface area contributed by atoms with Gasteiger partial charge in [0.25, 0.3) is 5.08 Å². The van der Waals surface area contributed by atoms with Gasteiger partial charge in [-0.1, -0.05) is 36.4 Å². The van der Waals surface area contributed by atoms with Crippen LogP contribution in [-0.2, 0) is 9.13 Å². The largest absolute Gasteiger partial charge is 0.422 e. The Morgan fingerprint density at radius 3 is 1.58 bits per heavy atom. The van der Waals surface area contributed by atoms with Crippen LogP contribution in [-0.4, -0.2) is 26.5 Å². The summed E-state index contributed by atoms with van der Waals surface area (Å²) in [5, 5.41) is 7.74. The minimum absolute atomic E-state index is 0.00188. The van der Waals surface area contributed by atoms with Crippen molar-refractivity contribution in [2.75, 3.05) is 6.54 Å². The van der Waals surface area contributed by atoms with E-state index in [-0.39, 0.29) is 24.5 Å². The van der Waals surface area contributed by atoms with Crippen LogP contribution in [0.15, 0.2) is 60.7 Å². The molecule has 0 aliphatic rings. The standard InChI is InChI=1S/C16H21NO7P2/c17-13-7-12-16(18,25(19,20)23-14-8-3-1-4-9-14)26(21,22)24-15-10-5-2-6-11-15/h1-6,8-11,18H,7,12-13,17H2,(H,19,20)(H,21,22). The Morgan fingerprint density at radius 2 is 1.23 bits per heavy atom. The molecule has 2 unspecified atom stereocenters. The molecule has 0 saturated heterocycles. The first kappa shape index (κ1) is 20.6. The van der Waals surface area contributed by atoms with Crippen molar-refractivity contribution in [1.29, 1.82) is 0 Å². The molecule has 2 atom stereocenters. The number of hydrogen-bond acceptors (Lipinski definition) is 6. The number of nitrogens with two attached hydrogens (primary N) is 1. The lowest BCUT2D eigenvalue weighted by Gasteiger charge is -2.34. The third-order valence-electron chi connectivity index (χ3n) is 3.57. The van der Waals surface area contributed by atoms with Crippen molar-refractivity contribution in [3.8, 4) is 11.5 Å². The molecule has 2 aromatic carbocycles. The van der Waals surface area contributed by atoms with Gasteiger partial charge in [0.05, 0.1) is 0 Å². The Hall–Kier alpha value is -1.66. The quantitative estimate of drug-likeness (QED) is 0.471. The summed E-state index contributed by atoms with van der Waals surface area (Å²) in [6, 6.07) is 15.0. The van der Waals surface area contributed by atoms with E-state index in [1.165, 1.54) is 24.3 Å². The highest BCUT2D eigenvalue weighted by Crippen LogP contribution is 2.72. The molecule has 26 heavy (non-hydrogen) atoms. The van der Waals surface area contributed by atoms with Gasteiger partial charge in [-0.2, -0.15) is 0 Å². The summed E-state index contributed by atoms with van der Waals surface area (Å²) in [7, 11) is -10.1. The maximum atomic E-state index is 12.8. The highest BCUT2D eigenvalue weighted by molar-refractivity contribution is 7.73. The van der Waals surface area contributed by atoms with Crippen LogP contribution in [0.1, 0.15) is 12.8 Å². The fraction of sp³-hybridized carbons (Fsp3) is 0.250. The van der Waals surface area contributed by atoms with Crippen molar-refractivity contribution >= 4 is 15.2 Å². The topological polar surface area (TPSA) is 139 Å². The second kappa shape index (κ2) is 8.35. The van der Waals surface area contributed by atoms with Crippen LogP contribution >= 0.6 is 15.2 Å². The van der Waals surface area contributed by atoms with Gasteiger partial charge in [0.2, 0.25) is 0 Å². The predicted octanol–water partition coefficient (Wildman–Crippen LogP) is 2.90. The van der Waals surface area contributed by atoms with Crippen LogP contribution in [0, 0.1) is 0 Å². The maximum absolute atomic E-state index is 12.8. The monoisotopic (exact) mass is 401 g/mol. The lowest BCUT2D eigenvalue weighted by atomic mass is 10.3. The van der Waals surface area contributed by atoms with E-state index in [4.69, 9.17) is 14.8 Å². The first-order valence-electron chi connectivity index (χ1n) is 7.79. The van der Waals surface area contributed by atoms with Gasteiger partial charge in [0.1, 0.15) is 11.5 Å². The molecule has 0 aromatic heterocycles. The summed E-state index contributed by atoms with van der Waals surface area (Å²) in [5.74, 6) is -0.0755. The van der Waals surface area contributed by atoms with E-state index < -0.39 is 26.7 Å². The number of rotatable bonds is 9. The number of hydrogen-bond donors (Lipinski definition) is 4. The minimum atomic E-state index is -5.06. The molecule has 8 nitrogen and oxygen atoms in total. The number of benzene rings is 2. The molecular weight excluding hydrogens is 380 g/mol. The SMILES string of the molecule is NCCCC(O)(P(=O)(O)Oc1ccccc1)P(=O)(O)Oc1ccccc1. The molecule has 2 aromatic rings. The third-order valence-corrected chi connectivity index (χ3v) is 8.26. The van der Waals surface area contributed by atoms with Gasteiger partial charge < -0.3 is 29.7 Å². The molecule has 0 heterocycles. The molecule has 0 aliphatic carbocycles. The van der Waals surface area contributed by atoms with Gasteiger partial charge in [-0.05, 0) is 37.2 Å². The van der Waals surface area contributed by atoms with Crippen molar-refractivity contribution in [2.45, 2.75) is 17.9 Å². The molecule has 10 heteroatoms. The molecule has 0 fully saturated rings. The maximum Gasteiger partial charge on any atom is 0.421 e. The average Bonchev–Trinajstić information content (AvgIpc) is 2.60. The Morgan fingerprint density at radius 1 is 0.846 bits per heavy atom. The van der Waals surface area contributed by atoms with E-state index in [0.717, 1.165) is 0 Å². The number of para-hydroxylation sites is 2. The second-order valence-corrected chi connectivity index (χ2v) is 9.80. The smallest absolute Gasteiger partial charge is 0.421 e. The summed E-state index contributed by atoms with van der Waals surface area (Å²) < 4.78 is 35.5. The minimum Gasteiger partial charge on any atom is -0.422 e. The molecule has 0 saturated carbocycles. The zero-order chi connectivity index (χ0) is 19.3. The highest BCUT2D eigenvalue weighted by Gasteiger charge is 2.63. The highest BCUT2D eigenvalue weighted by atomic mass is 31.2. The summed E-state index contributed by atoms with van der Waals surface area (Å²) in [6.45, 7) is 0.0268. The summed E-state index contributed by atoms with van der Waals surface area (Å²) in [4.78, 5) is 20.7. The molecule has 2 rings (SSSR count). The van der Waals surface area contributed by atoms with Crippen molar-refractivity contribution in [1.82, 2.24) is 0 Å². The van der Waals surface area contributed by atoms with Gasteiger partial charge in [-0.25, -0.2) is 9.13 Å². The molecule has 0 bridgehead atoms. The van der Waals surface area contributed by atoms with Crippen LogP contribution in [0.2, 0.25) is 0 Å². The molecule has 0 amide bonds. The van der Waals surface area contributed by atoms with Crippen LogP contribution < -0.4 is 14.8 Å². The first-order chi connectivity index (χ1) is 12.2. The third kappa shape index (κ3) is 4.54. The zero-order valence-corrected chi connectivity index (χ0v) is 15.6. The van der Waals surface area contributed by atoms with Gasteiger partial charge in [-0.3, -0.25) is 0 Å². The zero-order valence-electron chi connectivity index (χ0n) is 13.8. The Bertz CT molecular complexity index is 739. The van der Waals surface area contributed by atoms with E-state index in [9.17, 15) is 24.0 Å². The second-order valence-electron chi connectivity index (χ2n) is 5.52. The molecule has 5 N–H and O–H groups in total. The Balaban J connectivity index is 2.38. The fourth-order valence-corrected chi connectivity index (χ4v) is 5.69. The van der Waals surface area contributed by atoms with Gasteiger partial charge in [-0.15, -0.1) is 0 Å². The van der Waals surface area contributed by atoms with Crippen LogP contribution in [0.4, 0.5) is 0 Å².